The fourth-order valence-corrected chi connectivity index (χ4v) is 8.54. The molecule has 3 rings (SSSR count). The molecule has 0 fully saturated rings. The number of aromatic hydroxyl groups is 2. The van der Waals surface area contributed by atoms with Gasteiger partial charge in [-0.05, 0) is 55.7 Å². The first-order chi connectivity index (χ1) is 32.8. The molecule has 2 aromatic carbocycles. The molecule has 2 aromatic rings. The van der Waals surface area contributed by atoms with Crippen LogP contribution in [0.5, 0.6) is 11.5 Å². The molecule has 0 radical (unpaired) electrons. The molecular weight excluding hydrogens is 887 g/mol. The molecule has 1 unspecified atom stereocenters. The number of aliphatic hydroxyl groups excluding tert-OH is 3. The number of nitrogens with one attached hydrogen (secondary N) is 3. The summed E-state index contributed by atoms with van der Waals surface area (Å²) in [7, 11) is 2.79. The molecule has 0 spiro atoms. The molecular formula is C52H79N5O12. The Kier molecular flexibility index (Phi) is 24.8. The molecule has 384 valence electrons. The highest BCUT2D eigenvalue weighted by molar-refractivity contribution is 5.97. The van der Waals surface area contributed by atoms with Gasteiger partial charge in [-0.25, -0.2) is 0 Å². The number of phenolic OH excluding ortho intramolecular Hbond substituents is 2. The molecule has 0 aliphatic carbocycles. The molecule has 7 atom stereocenters. The molecule has 1 aliphatic heterocycles. The van der Waals surface area contributed by atoms with E-state index in [0.29, 0.717) is 12.0 Å². The van der Waals surface area contributed by atoms with Crippen molar-refractivity contribution in [3.05, 3.63) is 47.5 Å². The molecule has 0 aromatic heterocycles. The monoisotopic (exact) mass is 966 g/mol. The predicted molar refractivity (Wildman–Crippen MR) is 262 cm³/mol. The number of hydrogen-bond acceptors (Lipinski definition) is 12. The number of ketones is 2. The molecule has 0 saturated heterocycles. The Morgan fingerprint density at radius 1 is 0.725 bits per heavy atom. The minimum absolute atomic E-state index is 0.1000. The number of aliphatic hydroxyl groups is 3. The van der Waals surface area contributed by atoms with Gasteiger partial charge in [0.25, 0.3) is 0 Å². The van der Waals surface area contributed by atoms with Gasteiger partial charge >= 0.3 is 0 Å². The van der Waals surface area contributed by atoms with Gasteiger partial charge in [0.15, 0.2) is 11.6 Å². The van der Waals surface area contributed by atoms with E-state index in [2.05, 4.69) is 22.9 Å². The summed E-state index contributed by atoms with van der Waals surface area (Å²) in [6, 6.07) is 2.57. The summed E-state index contributed by atoms with van der Waals surface area (Å²) in [5.74, 6) is -5.75. The number of rotatable bonds is 27. The van der Waals surface area contributed by atoms with Crippen molar-refractivity contribution in [2.75, 3.05) is 27.3 Å². The highest BCUT2D eigenvalue weighted by atomic mass is 16.3. The summed E-state index contributed by atoms with van der Waals surface area (Å²) in [4.78, 5) is 97.1. The van der Waals surface area contributed by atoms with Crippen LogP contribution >= 0.6 is 0 Å². The Hall–Kier alpha value is -5.39. The number of carbonyl (C=O) groups excluding carboxylic acids is 7. The minimum Gasteiger partial charge on any atom is -0.507 e. The van der Waals surface area contributed by atoms with Crippen molar-refractivity contribution in [3.8, 4) is 22.6 Å². The van der Waals surface area contributed by atoms with Crippen molar-refractivity contribution in [3.63, 3.8) is 0 Å². The Morgan fingerprint density at radius 2 is 1.29 bits per heavy atom. The van der Waals surface area contributed by atoms with E-state index in [1.807, 2.05) is 0 Å². The van der Waals surface area contributed by atoms with Crippen LogP contribution in [0.2, 0.25) is 0 Å². The molecule has 1 aliphatic rings. The van der Waals surface area contributed by atoms with E-state index in [4.69, 9.17) is 0 Å². The van der Waals surface area contributed by atoms with Gasteiger partial charge in [-0.15, -0.1) is 0 Å². The number of amides is 5. The second-order valence-electron chi connectivity index (χ2n) is 18.8. The zero-order valence-corrected chi connectivity index (χ0v) is 41.6. The fraction of sp³-hybridized carbons (Fsp3) is 0.635. The van der Waals surface area contributed by atoms with E-state index < -0.39 is 97.1 Å². The van der Waals surface area contributed by atoms with Gasteiger partial charge in [0.05, 0.1) is 31.4 Å². The van der Waals surface area contributed by atoms with Crippen molar-refractivity contribution >= 4 is 41.1 Å². The Morgan fingerprint density at radius 3 is 1.86 bits per heavy atom. The second kappa shape index (κ2) is 29.6. The van der Waals surface area contributed by atoms with Crippen molar-refractivity contribution < 1.29 is 59.1 Å². The van der Waals surface area contributed by atoms with Gasteiger partial charge in [0, 0.05) is 63.2 Å². The van der Waals surface area contributed by atoms with Crippen LogP contribution in [0.4, 0.5) is 0 Å². The van der Waals surface area contributed by atoms with Gasteiger partial charge in [0.1, 0.15) is 29.6 Å². The lowest BCUT2D eigenvalue weighted by atomic mass is 9.89. The van der Waals surface area contributed by atoms with Crippen LogP contribution in [0, 0.1) is 5.92 Å². The first-order valence-corrected chi connectivity index (χ1v) is 24.9. The number of benzene rings is 2. The summed E-state index contributed by atoms with van der Waals surface area (Å²) >= 11 is 0. The largest absolute Gasteiger partial charge is 0.507 e. The van der Waals surface area contributed by atoms with Gasteiger partial charge in [0.2, 0.25) is 29.5 Å². The topological polar surface area (TPSA) is 263 Å². The van der Waals surface area contributed by atoms with E-state index >= 15 is 0 Å². The SMILES string of the molecule is CCCCCCCCCCCCCCCC(=O)N(C)[C@H](CO)C(=O)N[C@H](C)C(=O)CCC(=O)N(C)[C@@H]1C(=O)C[C@@H](C)C(=O)N[C@H](C(=O)N[C@H](CO)C(C)O)Cc2ccc(O)c(c2)-c2cc1ccc2O. The number of hydrogen-bond donors (Lipinski definition) is 8. The molecule has 0 saturated carbocycles. The van der Waals surface area contributed by atoms with Gasteiger partial charge in [-0.1, -0.05) is 103 Å². The number of unbranched alkanes of at least 4 members (excludes halogenated alkanes) is 12. The zero-order valence-electron chi connectivity index (χ0n) is 41.6. The van der Waals surface area contributed by atoms with Crippen LogP contribution in [-0.2, 0) is 40.0 Å². The third-order valence-corrected chi connectivity index (χ3v) is 13.2. The van der Waals surface area contributed by atoms with Crippen LogP contribution in [0.1, 0.15) is 154 Å². The number of Topliss-reactive ketones (excluding diaryl/α,β-unsaturated/α-hetero) is 2. The Labute approximate surface area is 407 Å². The zero-order chi connectivity index (χ0) is 51.2. The summed E-state index contributed by atoms with van der Waals surface area (Å²) in [6.45, 7) is 5.26. The minimum atomic E-state index is -1.35. The highest BCUT2D eigenvalue weighted by Gasteiger charge is 2.35. The van der Waals surface area contributed by atoms with Crippen molar-refractivity contribution in [2.45, 2.75) is 180 Å². The van der Waals surface area contributed by atoms with Crippen LogP contribution in [0.25, 0.3) is 11.1 Å². The maximum Gasteiger partial charge on any atom is 0.245 e. The van der Waals surface area contributed by atoms with Crippen LogP contribution < -0.4 is 16.0 Å². The maximum absolute atomic E-state index is 14.2. The Bertz CT molecular complexity index is 2030. The lowest BCUT2D eigenvalue weighted by Gasteiger charge is -2.30. The number of likely N-dealkylation sites (N-methyl/N-ethyl adjacent to an activating group) is 2. The molecule has 5 amide bonds. The third kappa shape index (κ3) is 18.1. The van der Waals surface area contributed by atoms with E-state index in [1.165, 1.54) is 134 Å². The highest BCUT2D eigenvalue weighted by Crippen LogP contribution is 2.39. The predicted octanol–water partition coefficient (Wildman–Crippen LogP) is 4.91. The summed E-state index contributed by atoms with van der Waals surface area (Å²) < 4.78 is 0. The average molecular weight is 966 g/mol. The van der Waals surface area contributed by atoms with Crippen molar-refractivity contribution in [2.24, 2.45) is 5.92 Å². The van der Waals surface area contributed by atoms with Crippen molar-refractivity contribution in [1.29, 1.82) is 0 Å². The second-order valence-corrected chi connectivity index (χ2v) is 18.8. The molecule has 1 heterocycles. The average Bonchev–Trinajstić information content (AvgIpc) is 3.31. The molecule has 4 bridgehead atoms. The first kappa shape index (κ1) is 57.9. The van der Waals surface area contributed by atoms with Crippen LogP contribution in [-0.4, -0.2) is 134 Å². The van der Waals surface area contributed by atoms with Gasteiger partial charge in [-0.3, -0.25) is 33.6 Å². The number of nitrogens with zero attached hydrogens (tertiary/aromatic N) is 2. The molecule has 8 N–H and O–H groups in total. The summed E-state index contributed by atoms with van der Waals surface area (Å²) in [5.41, 5.74) is 0.912. The fourth-order valence-electron chi connectivity index (χ4n) is 8.54. The third-order valence-electron chi connectivity index (χ3n) is 13.2. The molecule has 69 heavy (non-hydrogen) atoms. The van der Waals surface area contributed by atoms with E-state index in [-0.39, 0.29) is 59.8 Å². The summed E-state index contributed by atoms with van der Waals surface area (Å²) in [5, 5.41) is 59.6. The number of phenols is 2. The molecule has 17 nitrogen and oxygen atoms in total. The summed E-state index contributed by atoms with van der Waals surface area (Å²) in [6.07, 6.45) is 13.0. The number of carbonyl (C=O) groups is 7. The van der Waals surface area contributed by atoms with Crippen LogP contribution in [0.15, 0.2) is 36.4 Å². The standard InChI is InChI=1S/C52H79N5O12/c1-7-8-9-10-11-12-13-14-15-16-17-18-19-20-47(65)56(5)42(32-59)52(69)53-34(3)43(61)25-26-48(66)57(6)49-37-22-24-45(63)39(30-37)38-28-36(21-23-44(38)62)29-40(51(68)55-41(31-58)35(4)60)54-50(67)33(2)27-46(49)64/h21-24,28,30,33-35,40-42,49,58-60,62-63H,7-20,25-27,29,31-32H2,1-6H3,(H,53,69)(H,54,67)(H,55,68)/t33-,34-,35?,40+,41-,42-,49+/m1/s1. The van der Waals surface area contributed by atoms with E-state index in [1.54, 1.807) is 0 Å². The van der Waals surface area contributed by atoms with Gasteiger partial charge < -0.3 is 51.3 Å². The van der Waals surface area contributed by atoms with E-state index in [0.717, 1.165) is 24.2 Å². The van der Waals surface area contributed by atoms with Gasteiger partial charge in [-0.2, -0.15) is 0 Å². The first-order valence-electron chi connectivity index (χ1n) is 24.9. The lowest BCUT2D eigenvalue weighted by Crippen LogP contribution is -2.54. The lowest BCUT2D eigenvalue weighted by molar-refractivity contribution is -0.142. The number of fused-ring (bicyclic) bond motifs is 5. The maximum atomic E-state index is 14.2. The Balaban J connectivity index is 1.66. The quantitative estimate of drug-likeness (QED) is 0.0556. The van der Waals surface area contributed by atoms with Crippen LogP contribution in [0.3, 0.4) is 0 Å². The molecule has 17 heteroatoms. The van der Waals surface area contributed by atoms with E-state index in [9.17, 15) is 59.1 Å². The normalized spacial score (nSPS) is 17.9. The van der Waals surface area contributed by atoms with Crippen molar-refractivity contribution in [1.82, 2.24) is 25.8 Å². The smallest absolute Gasteiger partial charge is 0.245 e.